The molecule has 1 aromatic carbocycles. The first kappa shape index (κ1) is 13.1. The maximum absolute atomic E-state index is 12.1. The Bertz CT molecular complexity index is 685. The number of carbonyl (C=O) groups excluding carboxylic acids is 2. The van der Waals surface area contributed by atoms with Crippen molar-refractivity contribution in [2.45, 2.75) is 0 Å². The summed E-state index contributed by atoms with van der Waals surface area (Å²) < 4.78 is 10.4. The second-order valence-electron chi connectivity index (χ2n) is 4.42. The van der Waals surface area contributed by atoms with Gasteiger partial charge in [0.25, 0.3) is 5.91 Å². The summed E-state index contributed by atoms with van der Waals surface area (Å²) in [5.74, 6) is 0.619. The van der Waals surface area contributed by atoms with E-state index in [0.717, 1.165) is 0 Å². The third-order valence-electron chi connectivity index (χ3n) is 3.03. The molecule has 0 fully saturated rings. The number of Topliss-reactive ketones (excluding diaryl/α,β-unsaturated/α-hetero) is 1. The van der Waals surface area contributed by atoms with Crippen molar-refractivity contribution in [3.63, 3.8) is 0 Å². The SMILES string of the molecule is O=C(CNC(=O)c1cccnc1)c1ccc2c(c1)OCO2. The maximum Gasteiger partial charge on any atom is 0.253 e. The van der Waals surface area contributed by atoms with E-state index in [0.29, 0.717) is 22.6 Å². The van der Waals surface area contributed by atoms with Crippen LogP contribution < -0.4 is 14.8 Å². The third-order valence-corrected chi connectivity index (χ3v) is 3.03. The molecular weight excluding hydrogens is 272 g/mol. The predicted octanol–water partition coefficient (Wildman–Crippen LogP) is 1.42. The van der Waals surface area contributed by atoms with E-state index in [1.165, 1.54) is 6.20 Å². The van der Waals surface area contributed by atoms with Crippen LogP contribution >= 0.6 is 0 Å². The summed E-state index contributed by atoms with van der Waals surface area (Å²) in [6.45, 7) is 0.0676. The van der Waals surface area contributed by atoms with E-state index >= 15 is 0 Å². The van der Waals surface area contributed by atoms with Gasteiger partial charge in [0.15, 0.2) is 17.3 Å². The summed E-state index contributed by atoms with van der Waals surface area (Å²) in [4.78, 5) is 27.7. The van der Waals surface area contributed by atoms with Crippen molar-refractivity contribution in [3.05, 3.63) is 53.9 Å². The molecule has 0 radical (unpaired) electrons. The van der Waals surface area contributed by atoms with Crippen molar-refractivity contribution in [1.29, 1.82) is 0 Å². The quantitative estimate of drug-likeness (QED) is 0.859. The van der Waals surface area contributed by atoms with Gasteiger partial charge in [0.1, 0.15) is 0 Å². The molecule has 3 rings (SSSR count). The molecule has 2 heterocycles. The number of benzene rings is 1. The van der Waals surface area contributed by atoms with Crippen LogP contribution in [0.3, 0.4) is 0 Å². The highest BCUT2D eigenvalue weighted by Gasteiger charge is 2.16. The van der Waals surface area contributed by atoms with Crippen LogP contribution in [0.5, 0.6) is 11.5 Å². The van der Waals surface area contributed by atoms with Crippen molar-refractivity contribution in [2.75, 3.05) is 13.3 Å². The zero-order valence-corrected chi connectivity index (χ0v) is 11.0. The van der Waals surface area contributed by atoms with E-state index in [4.69, 9.17) is 9.47 Å². The minimum atomic E-state index is -0.336. The van der Waals surface area contributed by atoms with Gasteiger partial charge in [-0.2, -0.15) is 0 Å². The first-order valence-corrected chi connectivity index (χ1v) is 6.35. The Kier molecular flexibility index (Phi) is 3.51. The van der Waals surface area contributed by atoms with Crippen LogP contribution in [0, 0.1) is 0 Å². The smallest absolute Gasteiger partial charge is 0.253 e. The molecule has 1 aliphatic rings. The second kappa shape index (κ2) is 5.62. The molecule has 0 saturated carbocycles. The van der Waals surface area contributed by atoms with Crippen molar-refractivity contribution in [1.82, 2.24) is 10.3 Å². The van der Waals surface area contributed by atoms with E-state index in [2.05, 4.69) is 10.3 Å². The van der Waals surface area contributed by atoms with Crippen molar-refractivity contribution >= 4 is 11.7 Å². The second-order valence-corrected chi connectivity index (χ2v) is 4.42. The van der Waals surface area contributed by atoms with Gasteiger partial charge in [-0.1, -0.05) is 0 Å². The Balaban J connectivity index is 1.63. The molecule has 0 unspecified atom stereocenters. The number of nitrogens with zero attached hydrogens (tertiary/aromatic N) is 1. The van der Waals surface area contributed by atoms with Gasteiger partial charge in [0.2, 0.25) is 6.79 Å². The fourth-order valence-corrected chi connectivity index (χ4v) is 1.93. The number of pyridine rings is 1. The molecule has 106 valence electrons. The lowest BCUT2D eigenvalue weighted by Crippen LogP contribution is -2.29. The zero-order chi connectivity index (χ0) is 14.7. The first-order chi connectivity index (χ1) is 10.2. The molecular formula is C15H12N2O4. The van der Waals surface area contributed by atoms with E-state index < -0.39 is 0 Å². The number of hydrogen-bond acceptors (Lipinski definition) is 5. The minimum Gasteiger partial charge on any atom is -0.454 e. The molecule has 0 spiro atoms. The number of ether oxygens (including phenoxy) is 2. The van der Waals surface area contributed by atoms with E-state index in [1.54, 1.807) is 36.5 Å². The molecule has 0 aliphatic carbocycles. The van der Waals surface area contributed by atoms with Gasteiger partial charge in [-0.3, -0.25) is 14.6 Å². The molecule has 2 aromatic rings. The van der Waals surface area contributed by atoms with Crippen LogP contribution in [0.25, 0.3) is 0 Å². The molecule has 6 heteroatoms. The molecule has 1 aromatic heterocycles. The Morgan fingerprint density at radius 3 is 2.81 bits per heavy atom. The highest BCUT2D eigenvalue weighted by molar-refractivity contribution is 6.02. The van der Waals surface area contributed by atoms with Gasteiger partial charge in [0.05, 0.1) is 12.1 Å². The first-order valence-electron chi connectivity index (χ1n) is 6.35. The Morgan fingerprint density at radius 1 is 1.14 bits per heavy atom. The lowest BCUT2D eigenvalue weighted by Gasteiger charge is -2.05. The summed E-state index contributed by atoms with van der Waals surface area (Å²) in [6, 6.07) is 8.23. The fraction of sp³-hybridized carbons (Fsp3) is 0.133. The van der Waals surface area contributed by atoms with Gasteiger partial charge in [-0.05, 0) is 30.3 Å². The standard InChI is InChI=1S/C15H12N2O4/c18-12(8-17-15(19)11-2-1-5-16-7-11)10-3-4-13-14(6-10)21-9-20-13/h1-7H,8-9H2,(H,17,19). The molecule has 1 amide bonds. The van der Waals surface area contributed by atoms with Crippen LogP contribution in [-0.2, 0) is 0 Å². The largest absolute Gasteiger partial charge is 0.454 e. The fourth-order valence-electron chi connectivity index (χ4n) is 1.93. The van der Waals surface area contributed by atoms with Gasteiger partial charge < -0.3 is 14.8 Å². The summed E-state index contributed by atoms with van der Waals surface area (Å²) >= 11 is 0. The van der Waals surface area contributed by atoms with Gasteiger partial charge >= 0.3 is 0 Å². The van der Waals surface area contributed by atoms with Crippen molar-refractivity contribution in [2.24, 2.45) is 0 Å². The monoisotopic (exact) mass is 284 g/mol. The van der Waals surface area contributed by atoms with Crippen LogP contribution in [0.2, 0.25) is 0 Å². The summed E-state index contributed by atoms with van der Waals surface area (Å²) in [5.41, 5.74) is 0.877. The molecule has 21 heavy (non-hydrogen) atoms. The number of carbonyl (C=O) groups is 2. The van der Waals surface area contributed by atoms with Gasteiger partial charge in [-0.15, -0.1) is 0 Å². The number of ketones is 1. The molecule has 0 atom stereocenters. The van der Waals surface area contributed by atoms with Crippen molar-refractivity contribution < 1.29 is 19.1 Å². The van der Waals surface area contributed by atoms with Gasteiger partial charge in [0, 0.05) is 18.0 Å². The molecule has 6 nitrogen and oxygen atoms in total. The summed E-state index contributed by atoms with van der Waals surface area (Å²) in [6.07, 6.45) is 3.02. The number of hydrogen-bond donors (Lipinski definition) is 1. The van der Waals surface area contributed by atoms with E-state index in [-0.39, 0.29) is 25.0 Å². The van der Waals surface area contributed by atoms with Crippen LogP contribution in [0.15, 0.2) is 42.7 Å². The lowest BCUT2D eigenvalue weighted by molar-refractivity contribution is 0.0904. The lowest BCUT2D eigenvalue weighted by atomic mass is 10.1. The molecule has 1 N–H and O–H groups in total. The highest BCUT2D eigenvalue weighted by Crippen LogP contribution is 2.32. The summed E-state index contributed by atoms with van der Waals surface area (Å²) in [5, 5.41) is 2.56. The van der Waals surface area contributed by atoms with E-state index in [1.807, 2.05) is 0 Å². The number of fused-ring (bicyclic) bond motifs is 1. The normalized spacial score (nSPS) is 12.0. The number of rotatable bonds is 4. The van der Waals surface area contributed by atoms with Gasteiger partial charge in [-0.25, -0.2) is 0 Å². The average Bonchev–Trinajstić information content (AvgIpc) is 3.00. The summed E-state index contributed by atoms with van der Waals surface area (Å²) in [7, 11) is 0. The molecule has 0 bridgehead atoms. The maximum atomic E-state index is 12.1. The number of aromatic nitrogens is 1. The van der Waals surface area contributed by atoms with Crippen LogP contribution in [-0.4, -0.2) is 30.0 Å². The zero-order valence-electron chi connectivity index (χ0n) is 11.0. The molecule has 1 aliphatic heterocycles. The van der Waals surface area contributed by atoms with Crippen molar-refractivity contribution in [3.8, 4) is 11.5 Å². The predicted molar refractivity (Wildman–Crippen MR) is 73.5 cm³/mol. The third kappa shape index (κ3) is 2.84. The van der Waals surface area contributed by atoms with Crippen LogP contribution in [0.4, 0.5) is 0 Å². The average molecular weight is 284 g/mol. The minimum absolute atomic E-state index is 0.0899. The Morgan fingerprint density at radius 2 is 2.00 bits per heavy atom. The topological polar surface area (TPSA) is 77.5 Å². The highest BCUT2D eigenvalue weighted by atomic mass is 16.7. The Labute approximate surface area is 120 Å². The molecule has 0 saturated heterocycles. The van der Waals surface area contributed by atoms with E-state index in [9.17, 15) is 9.59 Å². The van der Waals surface area contributed by atoms with Crippen LogP contribution in [0.1, 0.15) is 20.7 Å². The number of amides is 1. The number of nitrogens with one attached hydrogen (secondary N) is 1. The Hall–Kier alpha value is -2.89.